The van der Waals surface area contributed by atoms with Crippen molar-refractivity contribution in [1.82, 2.24) is 10.2 Å². The number of aromatic nitrogens is 2. The van der Waals surface area contributed by atoms with Gasteiger partial charge in [-0.05, 0) is 24.8 Å². The molecule has 78 valence electrons. The Morgan fingerprint density at radius 2 is 2.47 bits per heavy atom. The van der Waals surface area contributed by atoms with E-state index in [1.54, 1.807) is 6.07 Å². The summed E-state index contributed by atoms with van der Waals surface area (Å²) in [6.07, 6.45) is 3.31. The number of aliphatic hydroxyl groups is 1. The highest BCUT2D eigenvalue weighted by atomic mass is 16.3. The van der Waals surface area contributed by atoms with Crippen molar-refractivity contribution in [2.75, 3.05) is 11.9 Å². The molecule has 0 amide bonds. The van der Waals surface area contributed by atoms with Gasteiger partial charge in [-0.2, -0.15) is 10.4 Å². The van der Waals surface area contributed by atoms with E-state index in [0.29, 0.717) is 23.8 Å². The number of anilines is 1. The highest BCUT2D eigenvalue weighted by Crippen LogP contribution is 2.32. The molecule has 5 nitrogen and oxygen atoms in total. The normalized spacial score (nSPS) is 16.8. The molecular weight excluding hydrogens is 192 g/mol. The van der Waals surface area contributed by atoms with Crippen LogP contribution in [0.3, 0.4) is 0 Å². The van der Waals surface area contributed by atoms with E-state index in [-0.39, 0.29) is 6.10 Å². The molecule has 0 aromatic carbocycles. The summed E-state index contributed by atoms with van der Waals surface area (Å²) >= 11 is 0. The number of rotatable bonds is 4. The Kier molecular flexibility index (Phi) is 2.79. The zero-order chi connectivity index (χ0) is 10.7. The average Bonchev–Trinajstić information content (AvgIpc) is 3.10. The molecule has 0 radical (unpaired) electrons. The second-order valence-corrected chi connectivity index (χ2v) is 3.69. The van der Waals surface area contributed by atoms with Gasteiger partial charge in [0, 0.05) is 6.54 Å². The first-order valence-corrected chi connectivity index (χ1v) is 4.95. The van der Waals surface area contributed by atoms with Crippen LogP contribution in [0.15, 0.2) is 12.3 Å². The maximum atomic E-state index is 9.62. The average molecular weight is 204 g/mol. The van der Waals surface area contributed by atoms with Crippen LogP contribution in [0.2, 0.25) is 0 Å². The third-order valence-corrected chi connectivity index (χ3v) is 2.49. The van der Waals surface area contributed by atoms with Gasteiger partial charge in [0.25, 0.3) is 0 Å². The van der Waals surface area contributed by atoms with Crippen molar-refractivity contribution in [3.63, 3.8) is 0 Å². The minimum atomic E-state index is -0.349. The highest BCUT2D eigenvalue weighted by Gasteiger charge is 2.29. The van der Waals surface area contributed by atoms with Crippen LogP contribution in [0.5, 0.6) is 0 Å². The first-order valence-electron chi connectivity index (χ1n) is 4.95. The predicted octanol–water partition coefficient (Wildman–Crippen LogP) is 0.531. The molecule has 1 saturated carbocycles. The van der Waals surface area contributed by atoms with Gasteiger partial charge in [0.1, 0.15) is 6.07 Å². The van der Waals surface area contributed by atoms with E-state index in [2.05, 4.69) is 15.5 Å². The summed E-state index contributed by atoms with van der Waals surface area (Å²) in [6.45, 7) is 0.429. The van der Waals surface area contributed by atoms with Gasteiger partial charge >= 0.3 is 0 Å². The lowest BCUT2D eigenvalue weighted by molar-refractivity contribution is 0.164. The van der Waals surface area contributed by atoms with Gasteiger partial charge in [0.2, 0.25) is 0 Å². The van der Waals surface area contributed by atoms with Crippen LogP contribution in [0.4, 0.5) is 5.82 Å². The first kappa shape index (κ1) is 9.87. The Balaban J connectivity index is 1.95. The zero-order valence-electron chi connectivity index (χ0n) is 8.22. The molecule has 15 heavy (non-hydrogen) atoms. The summed E-state index contributed by atoms with van der Waals surface area (Å²) in [5.41, 5.74) is 0.452. The van der Waals surface area contributed by atoms with Crippen molar-refractivity contribution >= 4 is 5.82 Å². The summed E-state index contributed by atoms with van der Waals surface area (Å²) in [5.74, 6) is 0.861. The van der Waals surface area contributed by atoms with Crippen LogP contribution >= 0.6 is 0 Å². The van der Waals surface area contributed by atoms with E-state index in [0.717, 1.165) is 12.8 Å². The van der Waals surface area contributed by atoms with Crippen LogP contribution in [0.25, 0.3) is 0 Å². The van der Waals surface area contributed by atoms with E-state index in [1.807, 2.05) is 6.07 Å². The third-order valence-electron chi connectivity index (χ3n) is 2.49. The smallest absolute Gasteiger partial charge is 0.166 e. The molecule has 1 aromatic rings. The summed E-state index contributed by atoms with van der Waals surface area (Å²) in [5, 5.41) is 28.8. The fourth-order valence-electron chi connectivity index (χ4n) is 1.40. The van der Waals surface area contributed by atoms with Crippen LogP contribution < -0.4 is 5.32 Å². The number of nitriles is 1. The van der Waals surface area contributed by atoms with Crippen LogP contribution in [0, 0.1) is 17.2 Å². The van der Waals surface area contributed by atoms with Gasteiger partial charge in [-0.15, -0.1) is 5.10 Å². The molecule has 0 aliphatic heterocycles. The standard InChI is InChI=1S/C10H12N4O/c11-5-8-3-4-13-14-10(8)12-6-9(15)7-1-2-7/h3-4,7,9,15H,1-2,6H2,(H,12,14). The molecule has 1 aliphatic rings. The number of nitrogens with zero attached hydrogens (tertiary/aromatic N) is 3. The molecule has 1 aromatic heterocycles. The van der Waals surface area contributed by atoms with E-state index >= 15 is 0 Å². The van der Waals surface area contributed by atoms with Gasteiger partial charge < -0.3 is 10.4 Å². The molecule has 1 atom stereocenters. The summed E-state index contributed by atoms with van der Waals surface area (Å²) in [4.78, 5) is 0. The Bertz CT molecular complexity index is 383. The number of nitrogens with one attached hydrogen (secondary N) is 1. The van der Waals surface area contributed by atoms with E-state index in [1.165, 1.54) is 6.20 Å². The Labute approximate surface area is 87.8 Å². The maximum Gasteiger partial charge on any atom is 0.166 e. The molecule has 1 aliphatic carbocycles. The van der Waals surface area contributed by atoms with Crippen LogP contribution in [-0.4, -0.2) is 28.0 Å². The second kappa shape index (κ2) is 4.24. The van der Waals surface area contributed by atoms with E-state index in [4.69, 9.17) is 5.26 Å². The minimum absolute atomic E-state index is 0.349. The predicted molar refractivity (Wildman–Crippen MR) is 54.0 cm³/mol. The van der Waals surface area contributed by atoms with Crippen LogP contribution in [0.1, 0.15) is 18.4 Å². The van der Waals surface area contributed by atoms with Crippen molar-refractivity contribution in [3.05, 3.63) is 17.8 Å². The Morgan fingerprint density at radius 3 is 3.13 bits per heavy atom. The number of aliphatic hydroxyl groups excluding tert-OH is 1. The lowest BCUT2D eigenvalue weighted by Gasteiger charge is -2.10. The van der Waals surface area contributed by atoms with Gasteiger partial charge in [-0.3, -0.25) is 0 Å². The fourth-order valence-corrected chi connectivity index (χ4v) is 1.40. The highest BCUT2D eigenvalue weighted by molar-refractivity contribution is 5.50. The third kappa shape index (κ3) is 2.42. The molecule has 1 unspecified atom stereocenters. The molecule has 0 bridgehead atoms. The largest absolute Gasteiger partial charge is 0.391 e. The van der Waals surface area contributed by atoms with Crippen molar-refractivity contribution < 1.29 is 5.11 Å². The van der Waals surface area contributed by atoms with Crippen LogP contribution in [-0.2, 0) is 0 Å². The topological polar surface area (TPSA) is 81.8 Å². The lowest BCUT2D eigenvalue weighted by Crippen LogP contribution is -2.22. The molecule has 1 heterocycles. The minimum Gasteiger partial charge on any atom is -0.391 e. The molecule has 0 spiro atoms. The lowest BCUT2D eigenvalue weighted by atomic mass is 10.2. The SMILES string of the molecule is N#Cc1ccnnc1NCC(O)C1CC1. The Morgan fingerprint density at radius 1 is 1.67 bits per heavy atom. The van der Waals surface area contributed by atoms with E-state index < -0.39 is 0 Å². The molecule has 0 saturated heterocycles. The van der Waals surface area contributed by atoms with Crippen molar-refractivity contribution in [2.45, 2.75) is 18.9 Å². The molecule has 5 heteroatoms. The number of hydrogen-bond donors (Lipinski definition) is 2. The summed E-state index contributed by atoms with van der Waals surface area (Å²) in [7, 11) is 0. The monoisotopic (exact) mass is 204 g/mol. The van der Waals surface area contributed by atoms with Gasteiger partial charge in [0.05, 0.1) is 17.9 Å². The Hall–Kier alpha value is -1.67. The zero-order valence-corrected chi connectivity index (χ0v) is 8.22. The maximum absolute atomic E-state index is 9.62. The van der Waals surface area contributed by atoms with Crippen molar-refractivity contribution in [2.24, 2.45) is 5.92 Å². The van der Waals surface area contributed by atoms with E-state index in [9.17, 15) is 5.11 Å². The summed E-state index contributed by atoms with van der Waals surface area (Å²) < 4.78 is 0. The van der Waals surface area contributed by atoms with Gasteiger partial charge in [0.15, 0.2) is 5.82 Å². The number of hydrogen-bond acceptors (Lipinski definition) is 5. The molecule has 1 fully saturated rings. The van der Waals surface area contributed by atoms with Gasteiger partial charge in [-0.25, -0.2) is 0 Å². The molecular formula is C10H12N4O. The second-order valence-electron chi connectivity index (χ2n) is 3.69. The van der Waals surface area contributed by atoms with Gasteiger partial charge in [-0.1, -0.05) is 0 Å². The molecule has 2 rings (SSSR count). The quantitative estimate of drug-likeness (QED) is 0.747. The summed E-state index contributed by atoms with van der Waals surface area (Å²) in [6, 6.07) is 3.61. The fraction of sp³-hybridized carbons (Fsp3) is 0.500. The van der Waals surface area contributed by atoms with Crippen molar-refractivity contribution in [1.29, 1.82) is 5.26 Å². The first-order chi connectivity index (χ1) is 7.31. The molecule has 2 N–H and O–H groups in total. The van der Waals surface area contributed by atoms with Crippen molar-refractivity contribution in [3.8, 4) is 6.07 Å².